The van der Waals surface area contributed by atoms with E-state index >= 15 is 0 Å². The highest BCUT2D eigenvalue weighted by Gasteiger charge is 2.33. The van der Waals surface area contributed by atoms with E-state index in [1.807, 2.05) is 62.8 Å². The van der Waals surface area contributed by atoms with Gasteiger partial charge in [0.25, 0.3) is 0 Å². The first kappa shape index (κ1) is 15.4. The Kier molecular flexibility index (Phi) is 3.76. The summed E-state index contributed by atoms with van der Waals surface area (Å²) in [6.45, 7) is 0.692. The average molecular weight is 335 g/mol. The van der Waals surface area contributed by atoms with E-state index in [0.29, 0.717) is 6.54 Å². The Labute approximate surface area is 147 Å². The van der Waals surface area contributed by atoms with Gasteiger partial charge in [0.05, 0.1) is 30.8 Å². The van der Waals surface area contributed by atoms with Crippen LogP contribution in [0.15, 0.2) is 59.2 Å². The number of benzene rings is 1. The van der Waals surface area contributed by atoms with Gasteiger partial charge in [-0.2, -0.15) is 0 Å². The molecule has 2 aliphatic rings. The summed E-state index contributed by atoms with van der Waals surface area (Å²) >= 11 is 0. The summed E-state index contributed by atoms with van der Waals surface area (Å²) in [6, 6.07) is 8.39. The van der Waals surface area contributed by atoms with E-state index in [1.165, 1.54) is 0 Å². The number of aliphatic imine (C=N–C) groups is 2. The smallest absolute Gasteiger partial charge is 0.173 e. The Bertz CT molecular complexity index is 875. The molecule has 128 valence electrons. The second kappa shape index (κ2) is 6.08. The molecule has 0 fully saturated rings. The maximum Gasteiger partial charge on any atom is 0.173 e. The van der Waals surface area contributed by atoms with Crippen molar-refractivity contribution in [1.82, 2.24) is 14.5 Å². The molecule has 25 heavy (non-hydrogen) atoms. The van der Waals surface area contributed by atoms with E-state index in [1.54, 1.807) is 0 Å². The number of amidine groups is 2. The first-order valence-electron chi connectivity index (χ1n) is 8.22. The normalized spacial score (nSPS) is 18.7. The zero-order chi connectivity index (χ0) is 17.4. The SMILES string of the molecule is CN(C)c1cccc(NC2=NC=CN3C2=NCC3c2cncn2C)c1. The summed E-state index contributed by atoms with van der Waals surface area (Å²) in [5, 5.41) is 3.41. The molecule has 1 N–H and O–H groups in total. The van der Waals surface area contributed by atoms with Crippen molar-refractivity contribution in [2.24, 2.45) is 17.0 Å². The Hall–Kier alpha value is -3.09. The second-order valence-electron chi connectivity index (χ2n) is 6.36. The van der Waals surface area contributed by atoms with Crippen LogP contribution >= 0.6 is 0 Å². The van der Waals surface area contributed by atoms with Crippen LogP contribution in [0.1, 0.15) is 11.7 Å². The standard InChI is InChI=1S/C18H21N7/c1-23(2)14-6-4-5-13(9-14)22-17-18-21-11-16(25(18)8-7-20-17)15-10-19-12-24(15)3/h4-10,12,16H,11H2,1-3H3,(H,20,22). The minimum atomic E-state index is 0.152. The van der Waals surface area contributed by atoms with Gasteiger partial charge in [-0.3, -0.25) is 4.99 Å². The number of nitrogens with zero attached hydrogens (tertiary/aromatic N) is 6. The van der Waals surface area contributed by atoms with Crippen molar-refractivity contribution in [3.05, 3.63) is 54.9 Å². The third kappa shape index (κ3) is 2.77. The van der Waals surface area contributed by atoms with Gasteiger partial charge in [0.1, 0.15) is 0 Å². The topological polar surface area (TPSA) is 61.0 Å². The van der Waals surface area contributed by atoms with E-state index in [0.717, 1.165) is 28.7 Å². The highest BCUT2D eigenvalue weighted by atomic mass is 15.3. The molecule has 7 heteroatoms. The fraction of sp³-hybridized carbons (Fsp3) is 0.278. The van der Waals surface area contributed by atoms with Gasteiger partial charge in [-0.1, -0.05) is 6.07 Å². The molecule has 1 aromatic carbocycles. The average Bonchev–Trinajstić information content (AvgIpc) is 3.21. The Balaban J connectivity index is 1.57. The highest BCUT2D eigenvalue weighted by Crippen LogP contribution is 2.29. The minimum absolute atomic E-state index is 0.152. The highest BCUT2D eigenvalue weighted by molar-refractivity contribution is 6.45. The van der Waals surface area contributed by atoms with E-state index in [-0.39, 0.29) is 6.04 Å². The van der Waals surface area contributed by atoms with Gasteiger partial charge >= 0.3 is 0 Å². The van der Waals surface area contributed by atoms with Crippen LogP contribution in [0.5, 0.6) is 0 Å². The molecule has 3 heterocycles. The number of anilines is 2. The lowest BCUT2D eigenvalue weighted by Gasteiger charge is -2.27. The molecule has 0 amide bonds. The number of hydrogen-bond acceptors (Lipinski definition) is 6. The van der Waals surface area contributed by atoms with Gasteiger partial charge < -0.3 is 19.7 Å². The second-order valence-corrected chi connectivity index (χ2v) is 6.36. The number of hydrogen-bond donors (Lipinski definition) is 1. The molecule has 7 nitrogen and oxygen atoms in total. The summed E-state index contributed by atoms with van der Waals surface area (Å²) < 4.78 is 2.04. The van der Waals surface area contributed by atoms with Crippen LogP contribution < -0.4 is 10.2 Å². The quantitative estimate of drug-likeness (QED) is 0.934. The van der Waals surface area contributed by atoms with Gasteiger partial charge in [0, 0.05) is 44.9 Å². The van der Waals surface area contributed by atoms with Crippen LogP contribution in [0.3, 0.4) is 0 Å². The number of fused-ring (bicyclic) bond motifs is 1. The molecule has 0 saturated heterocycles. The van der Waals surface area contributed by atoms with Crippen molar-refractivity contribution in [3.63, 3.8) is 0 Å². The summed E-state index contributed by atoms with van der Waals surface area (Å²) in [6.07, 6.45) is 7.51. The summed E-state index contributed by atoms with van der Waals surface area (Å²) in [5.41, 5.74) is 3.26. The molecule has 0 bridgehead atoms. The van der Waals surface area contributed by atoms with Crippen molar-refractivity contribution in [2.75, 3.05) is 30.9 Å². The lowest BCUT2D eigenvalue weighted by Crippen LogP contribution is -2.37. The zero-order valence-corrected chi connectivity index (χ0v) is 14.6. The minimum Gasteiger partial charge on any atom is -0.378 e. The van der Waals surface area contributed by atoms with Gasteiger partial charge in [-0.25, -0.2) is 9.98 Å². The number of imidazole rings is 1. The van der Waals surface area contributed by atoms with Crippen LogP contribution in [-0.2, 0) is 7.05 Å². The van der Waals surface area contributed by atoms with Crippen LogP contribution in [-0.4, -0.2) is 46.8 Å². The Morgan fingerprint density at radius 3 is 2.92 bits per heavy atom. The van der Waals surface area contributed by atoms with Gasteiger partial charge in [-0.05, 0) is 18.2 Å². The van der Waals surface area contributed by atoms with Gasteiger partial charge in [-0.15, -0.1) is 0 Å². The first-order chi connectivity index (χ1) is 12.1. The fourth-order valence-electron chi connectivity index (χ4n) is 3.11. The lowest BCUT2D eigenvalue weighted by molar-refractivity contribution is 0.438. The van der Waals surface area contributed by atoms with E-state index in [9.17, 15) is 0 Å². The Morgan fingerprint density at radius 1 is 1.28 bits per heavy atom. The van der Waals surface area contributed by atoms with E-state index in [2.05, 4.69) is 37.2 Å². The van der Waals surface area contributed by atoms with Crippen molar-refractivity contribution in [2.45, 2.75) is 6.04 Å². The van der Waals surface area contributed by atoms with Crippen LogP contribution in [0.25, 0.3) is 0 Å². The van der Waals surface area contributed by atoms with Gasteiger partial charge in [0.2, 0.25) is 0 Å². The molecule has 4 rings (SSSR count). The summed E-state index contributed by atoms with van der Waals surface area (Å²) in [4.78, 5) is 17.7. The maximum absolute atomic E-state index is 4.72. The van der Waals surface area contributed by atoms with E-state index < -0.39 is 0 Å². The number of aryl methyl sites for hydroxylation is 1. The predicted octanol–water partition coefficient (Wildman–Crippen LogP) is 2.24. The van der Waals surface area contributed by atoms with Crippen LogP contribution in [0, 0.1) is 0 Å². The number of nitrogens with one attached hydrogen (secondary N) is 1. The molecular weight excluding hydrogens is 314 g/mol. The largest absolute Gasteiger partial charge is 0.378 e. The molecule has 0 saturated carbocycles. The molecule has 0 spiro atoms. The fourth-order valence-corrected chi connectivity index (χ4v) is 3.11. The number of aromatic nitrogens is 2. The number of rotatable bonds is 3. The van der Waals surface area contributed by atoms with Crippen molar-refractivity contribution < 1.29 is 0 Å². The molecule has 1 atom stereocenters. The van der Waals surface area contributed by atoms with Crippen molar-refractivity contribution >= 4 is 23.0 Å². The Morgan fingerprint density at radius 2 is 2.16 bits per heavy atom. The third-order valence-corrected chi connectivity index (χ3v) is 4.46. The molecule has 0 radical (unpaired) electrons. The molecule has 1 unspecified atom stereocenters. The third-order valence-electron chi connectivity index (χ3n) is 4.46. The van der Waals surface area contributed by atoms with Crippen LogP contribution in [0.2, 0.25) is 0 Å². The monoisotopic (exact) mass is 335 g/mol. The maximum atomic E-state index is 4.72. The molecule has 2 aromatic rings. The summed E-state index contributed by atoms with van der Waals surface area (Å²) in [7, 11) is 6.07. The molecule has 1 aromatic heterocycles. The zero-order valence-electron chi connectivity index (χ0n) is 14.6. The first-order valence-corrected chi connectivity index (χ1v) is 8.22. The summed E-state index contributed by atoms with van der Waals surface area (Å²) in [5.74, 6) is 1.63. The van der Waals surface area contributed by atoms with Crippen molar-refractivity contribution in [1.29, 1.82) is 0 Å². The predicted molar refractivity (Wildman–Crippen MR) is 101 cm³/mol. The molecule has 2 aliphatic heterocycles. The molecular formula is C18H21N7. The molecule has 0 aliphatic carbocycles. The van der Waals surface area contributed by atoms with Crippen LogP contribution in [0.4, 0.5) is 11.4 Å². The lowest BCUT2D eigenvalue weighted by atomic mass is 10.2. The van der Waals surface area contributed by atoms with Gasteiger partial charge in [0.15, 0.2) is 11.7 Å². The van der Waals surface area contributed by atoms with E-state index in [4.69, 9.17) is 4.99 Å². The van der Waals surface area contributed by atoms with Crippen molar-refractivity contribution in [3.8, 4) is 0 Å².